The van der Waals surface area contributed by atoms with E-state index in [2.05, 4.69) is 30.4 Å². The van der Waals surface area contributed by atoms with Crippen molar-refractivity contribution in [1.29, 1.82) is 0 Å². The zero-order valence-electron chi connectivity index (χ0n) is 21.5. The maximum absolute atomic E-state index is 13.0. The van der Waals surface area contributed by atoms with Gasteiger partial charge in [0.15, 0.2) is 0 Å². The molecular formula is C28H36N4O4. The molecule has 2 unspecified atom stereocenters. The molecule has 0 saturated carbocycles. The molecular weight excluding hydrogens is 456 g/mol. The Hall–Kier alpha value is -3.20. The van der Waals surface area contributed by atoms with Crippen LogP contribution in [0.2, 0.25) is 0 Å². The summed E-state index contributed by atoms with van der Waals surface area (Å²) in [5.41, 5.74) is 2.91. The fourth-order valence-corrected chi connectivity index (χ4v) is 5.18. The molecule has 2 aromatic rings. The Labute approximate surface area is 213 Å². The second kappa shape index (κ2) is 10.8. The lowest BCUT2D eigenvalue weighted by molar-refractivity contribution is -0.142. The summed E-state index contributed by atoms with van der Waals surface area (Å²) in [5, 5.41) is 13.6. The Bertz CT molecular complexity index is 1110. The summed E-state index contributed by atoms with van der Waals surface area (Å²) >= 11 is 0. The number of aliphatic hydroxyl groups excluding tert-OH is 1. The predicted octanol–water partition coefficient (Wildman–Crippen LogP) is 2.08. The van der Waals surface area contributed by atoms with E-state index < -0.39 is 11.6 Å². The van der Waals surface area contributed by atoms with Crippen LogP contribution < -0.4 is 10.1 Å². The van der Waals surface area contributed by atoms with Gasteiger partial charge in [0.05, 0.1) is 0 Å². The number of carbonyl (C=O) groups is 2. The Balaban J connectivity index is 1.70. The van der Waals surface area contributed by atoms with Crippen LogP contribution in [0.4, 0.5) is 5.69 Å². The third-order valence-electron chi connectivity index (χ3n) is 6.69. The second-order valence-electron chi connectivity index (χ2n) is 10.1. The van der Waals surface area contributed by atoms with E-state index >= 15 is 0 Å². The summed E-state index contributed by atoms with van der Waals surface area (Å²) in [6.07, 6.45) is 3.88. The van der Waals surface area contributed by atoms with Gasteiger partial charge in [-0.2, -0.15) is 0 Å². The van der Waals surface area contributed by atoms with E-state index in [1.165, 1.54) is 17.1 Å². The van der Waals surface area contributed by atoms with E-state index in [9.17, 15) is 14.7 Å². The van der Waals surface area contributed by atoms with Gasteiger partial charge in [0, 0.05) is 36.5 Å². The molecule has 2 atom stereocenters. The molecule has 2 aliphatic rings. The summed E-state index contributed by atoms with van der Waals surface area (Å²) in [5.74, 6) is -0.0101. The molecule has 192 valence electrons. The van der Waals surface area contributed by atoms with Gasteiger partial charge in [-0.05, 0) is 76.9 Å². The summed E-state index contributed by atoms with van der Waals surface area (Å²) in [6, 6.07) is 13.6. The first-order valence-corrected chi connectivity index (χ1v) is 12.4. The molecule has 0 radical (unpaired) electrons. The van der Waals surface area contributed by atoms with Crippen LogP contribution in [0.5, 0.6) is 5.75 Å². The predicted molar refractivity (Wildman–Crippen MR) is 140 cm³/mol. The normalized spacial score (nSPS) is 19.8. The topological polar surface area (TPSA) is 85.4 Å². The van der Waals surface area contributed by atoms with Gasteiger partial charge in [-0.25, -0.2) is 0 Å². The maximum atomic E-state index is 13.0. The number of nitrogens with one attached hydrogen (secondary N) is 1. The van der Waals surface area contributed by atoms with Gasteiger partial charge >= 0.3 is 0 Å². The number of likely N-dealkylation sites (N-methyl/N-ethyl adjacent to an activating group) is 1. The van der Waals surface area contributed by atoms with E-state index in [0.717, 1.165) is 41.8 Å². The minimum Gasteiger partial charge on any atom is -0.491 e. The van der Waals surface area contributed by atoms with Gasteiger partial charge in [0.2, 0.25) is 0 Å². The summed E-state index contributed by atoms with van der Waals surface area (Å²) in [4.78, 5) is 31.5. The van der Waals surface area contributed by atoms with Gasteiger partial charge < -0.3 is 25.0 Å². The quantitative estimate of drug-likeness (QED) is 0.465. The lowest BCUT2D eigenvalue weighted by Gasteiger charge is -2.39. The lowest BCUT2D eigenvalue weighted by Crippen LogP contribution is -2.52. The molecule has 0 spiro atoms. The Morgan fingerprint density at radius 3 is 2.36 bits per heavy atom. The number of aryl methyl sites for hydroxylation is 1. The highest BCUT2D eigenvalue weighted by Crippen LogP contribution is 2.48. The van der Waals surface area contributed by atoms with Crippen molar-refractivity contribution in [3.05, 3.63) is 71.3 Å². The van der Waals surface area contributed by atoms with Gasteiger partial charge in [0.1, 0.15) is 24.0 Å². The number of aliphatic hydroxyl groups is 1. The number of ether oxygens (including phenoxy) is 1. The van der Waals surface area contributed by atoms with E-state index in [1.54, 1.807) is 0 Å². The molecule has 0 aromatic heterocycles. The number of benzene rings is 2. The van der Waals surface area contributed by atoms with Crippen LogP contribution in [0.25, 0.3) is 0 Å². The van der Waals surface area contributed by atoms with Gasteiger partial charge in [-0.15, -0.1) is 0 Å². The molecule has 0 aliphatic carbocycles. The summed E-state index contributed by atoms with van der Waals surface area (Å²) < 4.78 is 5.80. The van der Waals surface area contributed by atoms with Crippen LogP contribution in [-0.4, -0.2) is 92.2 Å². The van der Waals surface area contributed by atoms with Crippen molar-refractivity contribution >= 4 is 17.5 Å². The highest BCUT2D eigenvalue weighted by Gasteiger charge is 2.52. The zero-order chi connectivity index (χ0) is 25.9. The van der Waals surface area contributed by atoms with Crippen molar-refractivity contribution in [2.45, 2.75) is 24.5 Å². The smallest absolute Gasteiger partial charge is 0.254 e. The first-order chi connectivity index (χ1) is 17.2. The standard InChI is InChI=1S/C28H36N4O4/c1-30(2)16-6-8-20-7-5-9-24-27(20)28(19-29-24,32-25(34)14-15-26(32)35)21-10-12-23(13-11-21)36-18-22(33)17-31(3)4/h5,7,9-15,22,29,33H,6,8,16-19H2,1-4H3. The molecule has 0 bridgehead atoms. The molecule has 0 fully saturated rings. The number of fused-ring (bicyclic) bond motifs is 1. The molecule has 4 rings (SSSR count). The highest BCUT2D eigenvalue weighted by molar-refractivity contribution is 6.14. The highest BCUT2D eigenvalue weighted by atomic mass is 16.5. The lowest BCUT2D eigenvalue weighted by atomic mass is 9.79. The fourth-order valence-electron chi connectivity index (χ4n) is 5.18. The van der Waals surface area contributed by atoms with Crippen molar-refractivity contribution in [1.82, 2.24) is 14.7 Å². The van der Waals surface area contributed by atoms with Crippen molar-refractivity contribution in [3.8, 4) is 5.75 Å². The Morgan fingerprint density at radius 1 is 1.03 bits per heavy atom. The van der Waals surface area contributed by atoms with Gasteiger partial charge in [-0.1, -0.05) is 24.3 Å². The molecule has 2 heterocycles. The zero-order valence-corrected chi connectivity index (χ0v) is 21.5. The number of nitrogens with zero attached hydrogens (tertiary/aromatic N) is 3. The second-order valence-corrected chi connectivity index (χ2v) is 10.1. The number of anilines is 1. The third kappa shape index (κ3) is 5.16. The number of hydrogen-bond donors (Lipinski definition) is 2. The monoisotopic (exact) mass is 492 g/mol. The minimum absolute atomic E-state index is 0.177. The molecule has 2 aromatic carbocycles. The molecule has 36 heavy (non-hydrogen) atoms. The summed E-state index contributed by atoms with van der Waals surface area (Å²) in [6.45, 7) is 2.02. The Kier molecular flexibility index (Phi) is 7.78. The van der Waals surface area contributed by atoms with Crippen molar-refractivity contribution in [2.75, 3.05) is 59.7 Å². The van der Waals surface area contributed by atoms with Crippen molar-refractivity contribution in [2.24, 2.45) is 0 Å². The molecule has 8 nitrogen and oxygen atoms in total. The van der Waals surface area contributed by atoms with Crippen molar-refractivity contribution in [3.63, 3.8) is 0 Å². The third-order valence-corrected chi connectivity index (χ3v) is 6.69. The van der Waals surface area contributed by atoms with Crippen LogP contribution in [0.15, 0.2) is 54.6 Å². The van der Waals surface area contributed by atoms with Crippen LogP contribution >= 0.6 is 0 Å². The van der Waals surface area contributed by atoms with Crippen LogP contribution in [0.1, 0.15) is 23.1 Å². The van der Waals surface area contributed by atoms with Crippen LogP contribution in [0.3, 0.4) is 0 Å². The number of carbonyl (C=O) groups excluding carboxylic acids is 2. The molecule has 0 saturated heterocycles. The van der Waals surface area contributed by atoms with Gasteiger partial charge in [0.25, 0.3) is 11.8 Å². The molecule has 2 N–H and O–H groups in total. The minimum atomic E-state index is -0.968. The van der Waals surface area contributed by atoms with Crippen molar-refractivity contribution < 1.29 is 19.4 Å². The molecule has 2 aliphatic heterocycles. The SMILES string of the molecule is CN(C)CCCc1cccc2c1C(c1ccc(OCC(O)CN(C)C)cc1)(N1C(=O)C=CC1=O)CN2. The summed E-state index contributed by atoms with van der Waals surface area (Å²) in [7, 11) is 7.90. The van der Waals surface area contributed by atoms with E-state index in [4.69, 9.17) is 4.74 Å². The number of hydrogen-bond acceptors (Lipinski definition) is 7. The van der Waals surface area contributed by atoms with Gasteiger partial charge in [-0.3, -0.25) is 14.5 Å². The fraction of sp³-hybridized carbons (Fsp3) is 0.429. The van der Waals surface area contributed by atoms with Crippen LogP contribution in [0, 0.1) is 0 Å². The number of imide groups is 1. The Morgan fingerprint density at radius 2 is 1.72 bits per heavy atom. The molecule has 2 amide bonds. The van der Waals surface area contributed by atoms with E-state index in [-0.39, 0.29) is 18.4 Å². The average molecular weight is 493 g/mol. The maximum Gasteiger partial charge on any atom is 0.254 e. The number of rotatable bonds is 11. The largest absolute Gasteiger partial charge is 0.491 e. The number of amides is 2. The van der Waals surface area contributed by atoms with E-state index in [1.807, 2.05) is 55.4 Å². The first-order valence-electron chi connectivity index (χ1n) is 12.4. The van der Waals surface area contributed by atoms with E-state index in [0.29, 0.717) is 18.8 Å². The molecule has 8 heteroatoms. The van der Waals surface area contributed by atoms with Crippen LogP contribution in [-0.2, 0) is 21.5 Å². The first kappa shape index (κ1) is 25.9. The average Bonchev–Trinajstić information content (AvgIpc) is 3.38.